The summed E-state index contributed by atoms with van der Waals surface area (Å²) in [6.45, 7) is 26.6. The Morgan fingerprint density at radius 3 is 1.92 bits per heavy atom. The summed E-state index contributed by atoms with van der Waals surface area (Å²) in [6, 6.07) is 0.579. The van der Waals surface area contributed by atoms with Gasteiger partial charge in [0.25, 0.3) is 0 Å². The van der Waals surface area contributed by atoms with Crippen LogP contribution in [0.4, 0.5) is 0 Å². The Labute approximate surface area is 160 Å². The van der Waals surface area contributed by atoms with E-state index in [1.807, 2.05) is 0 Å². The normalized spacial score (nSPS) is 15.1. The smallest absolute Gasteiger partial charge is 0.0213 e. The average Bonchev–Trinajstić information content (AvgIpc) is 2.40. The van der Waals surface area contributed by atoms with E-state index >= 15 is 0 Å². The molecule has 0 rings (SSSR count). The molecular formula is C20H44N2S2. The Morgan fingerprint density at radius 1 is 0.875 bits per heavy atom. The second-order valence-corrected chi connectivity index (χ2v) is 13.2. The number of hydrogen-bond donors (Lipinski definition) is 2. The molecule has 0 spiro atoms. The third-order valence-corrected chi connectivity index (χ3v) is 8.22. The molecule has 4 heteroatoms. The molecule has 0 heterocycles. The minimum Gasteiger partial charge on any atom is -0.316 e. The zero-order valence-electron chi connectivity index (χ0n) is 18.0. The summed E-state index contributed by atoms with van der Waals surface area (Å²) in [7, 11) is 4.16. The summed E-state index contributed by atoms with van der Waals surface area (Å²) in [5.74, 6) is 0.712. The maximum atomic E-state index is 3.57. The van der Waals surface area contributed by atoms with Gasteiger partial charge >= 0.3 is 0 Å². The maximum absolute atomic E-state index is 3.57. The van der Waals surface area contributed by atoms with Crippen LogP contribution in [0.5, 0.6) is 0 Å². The van der Waals surface area contributed by atoms with Gasteiger partial charge in [0, 0.05) is 22.1 Å². The van der Waals surface area contributed by atoms with Crippen molar-refractivity contribution < 1.29 is 0 Å². The van der Waals surface area contributed by atoms with Crippen LogP contribution in [0.15, 0.2) is 0 Å². The van der Waals surface area contributed by atoms with Crippen molar-refractivity contribution in [2.75, 3.05) is 19.6 Å². The summed E-state index contributed by atoms with van der Waals surface area (Å²) in [6.07, 6.45) is 2.48. The van der Waals surface area contributed by atoms with E-state index in [2.05, 4.69) is 101 Å². The van der Waals surface area contributed by atoms with Crippen molar-refractivity contribution in [2.45, 2.75) is 97.6 Å². The van der Waals surface area contributed by atoms with Crippen LogP contribution in [0.3, 0.4) is 0 Å². The van der Waals surface area contributed by atoms with Crippen LogP contribution in [0.1, 0.15) is 82.1 Å². The lowest BCUT2D eigenvalue weighted by Gasteiger charge is -2.37. The Morgan fingerprint density at radius 2 is 1.42 bits per heavy atom. The summed E-state index contributed by atoms with van der Waals surface area (Å²) < 4.78 is 0.603. The first-order chi connectivity index (χ1) is 10.8. The first-order valence-electron chi connectivity index (χ1n) is 9.59. The van der Waals surface area contributed by atoms with Gasteiger partial charge in [-0.2, -0.15) is 0 Å². The van der Waals surface area contributed by atoms with Crippen molar-refractivity contribution in [3.8, 4) is 0 Å². The fourth-order valence-electron chi connectivity index (χ4n) is 3.32. The molecule has 0 saturated heterocycles. The molecule has 0 radical (unpaired) electrons. The fourth-order valence-corrected chi connectivity index (χ4v) is 6.30. The highest BCUT2D eigenvalue weighted by molar-refractivity contribution is 8.77. The molecule has 0 aliphatic carbocycles. The monoisotopic (exact) mass is 376 g/mol. The highest BCUT2D eigenvalue weighted by Gasteiger charge is 2.32. The van der Waals surface area contributed by atoms with Crippen LogP contribution in [-0.4, -0.2) is 35.2 Å². The topological polar surface area (TPSA) is 24.1 Å². The van der Waals surface area contributed by atoms with Gasteiger partial charge in [-0.25, -0.2) is 0 Å². The van der Waals surface area contributed by atoms with Crippen molar-refractivity contribution in [3.05, 3.63) is 0 Å². The van der Waals surface area contributed by atoms with Gasteiger partial charge in [-0.1, -0.05) is 63.1 Å². The summed E-state index contributed by atoms with van der Waals surface area (Å²) >= 11 is 0. The molecule has 0 aromatic heterocycles. The summed E-state index contributed by atoms with van der Waals surface area (Å²) in [4.78, 5) is 0. The van der Waals surface area contributed by atoms with Gasteiger partial charge in [-0.3, -0.25) is 0 Å². The van der Waals surface area contributed by atoms with E-state index in [9.17, 15) is 0 Å². The standard InChI is InChI=1S/C20H44N2S2/c1-11-21-15-18(5,6)14-20(9,10)24-23-19(7,8)12-17(4)13-22-16(2)3/h16-17,21-22H,11-15H2,1-10H3. The third kappa shape index (κ3) is 12.9. The van der Waals surface area contributed by atoms with Crippen LogP contribution >= 0.6 is 21.6 Å². The predicted octanol–water partition coefficient (Wildman–Crippen LogP) is 5.98. The van der Waals surface area contributed by atoms with Crippen LogP contribution in [-0.2, 0) is 0 Å². The van der Waals surface area contributed by atoms with E-state index in [4.69, 9.17) is 0 Å². The molecule has 0 amide bonds. The molecular weight excluding hydrogens is 332 g/mol. The second-order valence-electron chi connectivity index (χ2n) is 9.68. The molecule has 2 nitrogen and oxygen atoms in total. The van der Waals surface area contributed by atoms with E-state index < -0.39 is 0 Å². The van der Waals surface area contributed by atoms with E-state index in [-0.39, 0.29) is 0 Å². The zero-order valence-corrected chi connectivity index (χ0v) is 19.6. The lowest BCUT2D eigenvalue weighted by Crippen LogP contribution is -2.35. The van der Waals surface area contributed by atoms with Crippen LogP contribution < -0.4 is 10.6 Å². The highest BCUT2D eigenvalue weighted by Crippen LogP contribution is 2.49. The number of rotatable bonds is 13. The largest absolute Gasteiger partial charge is 0.316 e. The summed E-state index contributed by atoms with van der Waals surface area (Å²) in [5, 5.41) is 7.08. The van der Waals surface area contributed by atoms with Gasteiger partial charge in [-0.05, 0) is 65.0 Å². The minimum absolute atomic E-state index is 0.292. The van der Waals surface area contributed by atoms with Gasteiger partial charge in [0.1, 0.15) is 0 Å². The van der Waals surface area contributed by atoms with Crippen LogP contribution in [0, 0.1) is 11.3 Å². The van der Waals surface area contributed by atoms with Gasteiger partial charge in [0.15, 0.2) is 0 Å². The van der Waals surface area contributed by atoms with Crippen molar-refractivity contribution >= 4 is 21.6 Å². The molecule has 0 aromatic rings. The first kappa shape index (κ1) is 24.6. The fraction of sp³-hybridized carbons (Fsp3) is 1.00. The number of hydrogen-bond acceptors (Lipinski definition) is 4. The number of nitrogens with one attached hydrogen (secondary N) is 2. The second kappa shape index (κ2) is 10.7. The Balaban J connectivity index is 4.40. The summed E-state index contributed by atoms with van der Waals surface area (Å²) in [5.41, 5.74) is 0.339. The van der Waals surface area contributed by atoms with Gasteiger partial charge in [0.2, 0.25) is 0 Å². The van der Waals surface area contributed by atoms with E-state index in [1.54, 1.807) is 0 Å². The molecule has 0 aromatic carbocycles. The van der Waals surface area contributed by atoms with Crippen LogP contribution in [0.25, 0.3) is 0 Å². The molecule has 0 fully saturated rings. The lowest BCUT2D eigenvalue weighted by atomic mass is 9.83. The van der Waals surface area contributed by atoms with E-state index in [0.717, 1.165) is 19.6 Å². The molecule has 0 bridgehead atoms. The van der Waals surface area contributed by atoms with Crippen molar-refractivity contribution in [1.82, 2.24) is 10.6 Å². The van der Waals surface area contributed by atoms with Crippen molar-refractivity contribution in [1.29, 1.82) is 0 Å². The molecule has 24 heavy (non-hydrogen) atoms. The molecule has 0 aliphatic heterocycles. The zero-order chi connectivity index (χ0) is 19.0. The van der Waals surface area contributed by atoms with Crippen molar-refractivity contribution in [2.24, 2.45) is 11.3 Å². The lowest BCUT2D eigenvalue weighted by molar-refractivity contribution is 0.290. The maximum Gasteiger partial charge on any atom is 0.0213 e. The minimum atomic E-state index is 0.292. The molecule has 0 aliphatic rings. The third-order valence-electron chi connectivity index (χ3n) is 3.97. The SMILES string of the molecule is CCNCC(C)(C)CC(C)(C)SSC(C)(C)CC(C)CNC(C)C. The molecule has 1 atom stereocenters. The predicted molar refractivity (Wildman–Crippen MR) is 117 cm³/mol. The van der Waals surface area contributed by atoms with E-state index in [1.165, 1.54) is 12.8 Å². The average molecular weight is 377 g/mol. The molecule has 1 unspecified atom stereocenters. The molecule has 0 saturated carbocycles. The molecule has 2 N–H and O–H groups in total. The Kier molecular flexibility index (Phi) is 11.0. The van der Waals surface area contributed by atoms with Gasteiger partial charge in [0.05, 0.1) is 0 Å². The highest BCUT2D eigenvalue weighted by atomic mass is 33.1. The Bertz CT molecular complexity index is 339. The first-order valence-corrected chi connectivity index (χ1v) is 11.7. The van der Waals surface area contributed by atoms with E-state index in [0.29, 0.717) is 26.9 Å². The Hall–Kier alpha value is 0.620. The van der Waals surface area contributed by atoms with Crippen LogP contribution in [0.2, 0.25) is 0 Å². The molecule has 146 valence electrons. The van der Waals surface area contributed by atoms with Gasteiger partial charge in [-0.15, -0.1) is 0 Å². The van der Waals surface area contributed by atoms with Gasteiger partial charge < -0.3 is 10.6 Å². The van der Waals surface area contributed by atoms with Crippen molar-refractivity contribution in [3.63, 3.8) is 0 Å². The quantitative estimate of drug-likeness (QED) is 0.386.